The average Bonchev–Trinajstić information content (AvgIpc) is 3.30. The van der Waals surface area contributed by atoms with Crippen molar-refractivity contribution in [2.24, 2.45) is 10.1 Å². The number of amidine groups is 1. The summed E-state index contributed by atoms with van der Waals surface area (Å²) < 4.78 is 6.11. The summed E-state index contributed by atoms with van der Waals surface area (Å²) in [7, 11) is 0. The highest BCUT2D eigenvalue weighted by molar-refractivity contribution is 8.14. The minimum Gasteiger partial charge on any atom is -0.490 e. The SMILES string of the molecule is C=CCSC1=NN2C(=c3ccccc3=NC2c2ccc(OC3CCCC3)cc2)C(=O)N1. The number of hydrogen-bond acceptors (Lipinski definition) is 6. The Hall–Kier alpha value is -3.06. The second-order valence-corrected chi connectivity index (χ2v) is 8.77. The van der Waals surface area contributed by atoms with Crippen LogP contribution in [0.5, 0.6) is 5.75 Å². The van der Waals surface area contributed by atoms with Crippen molar-refractivity contribution < 1.29 is 9.53 Å². The fraction of sp³-hybridized carbons (Fsp3) is 0.292. The molecule has 6 nitrogen and oxygen atoms in total. The summed E-state index contributed by atoms with van der Waals surface area (Å²) in [6, 6.07) is 15.7. The van der Waals surface area contributed by atoms with E-state index in [1.165, 1.54) is 24.6 Å². The van der Waals surface area contributed by atoms with Gasteiger partial charge in [0.15, 0.2) is 11.3 Å². The molecule has 158 valence electrons. The summed E-state index contributed by atoms with van der Waals surface area (Å²) in [5.41, 5.74) is 1.47. The fourth-order valence-electron chi connectivity index (χ4n) is 4.16. The Balaban J connectivity index is 1.52. The zero-order chi connectivity index (χ0) is 21.2. The zero-order valence-electron chi connectivity index (χ0n) is 17.2. The molecule has 1 amide bonds. The molecule has 1 saturated carbocycles. The van der Waals surface area contributed by atoms with Crippen LogP contribution in [0.15, 0.2) is 71.3 Å². The summed E-state index contributed by atoms with van der Waals surface area (Å²) in [5.74, 6) is 1.36. The lowest BCUT2D eigenvalue weighted by atomic mass is 10.1. The lowest BCUT2D eigenvalue weighted by molar-refractivity contribution is -0.116. The van der Waals surface area contributed by atoms with Crippen molar-refractivity contribution >= 4 is 28.5 Å². The molecule has 0 aromatic heterocycles. The number of benzene rings is 2. The van der Waals surface area contributed by atoms with Gasteiger partial charge in [0.2, 0.25) is 0 Å². The fourth-order valence-corrected chi connectivity index (χ4v) is 4.75. The van der Waals surface area contributed by atoms with E-state index in [0.29, 0.717) is 22.7 Å². The highest BCUT2D eigenvalue weighted by atomic mass is 32.2. The van der Waals surface area contributed by atoms with Crippen LogP contribution in [-0.2, 0) is 4.79 Å². The first-order valence-electron chi connectivity index (χ1n) is 10.6. The molecule has 31 heavy (non-hydrogen) atoms. The molecule has 2 aliphatic heterocycles. The number of hydrogen-bond donors (Lipinski definition) is 1. The van der Waals surface area contributed by atoms with E-state index >= 15 is 0 Å². The molecule has 1 N–H and O–H groups in total. The third kappa shape index (κ3) is 3.97. The van der Waals surface area contributed by atoms with Gasteiger partial charge >= 0.3 is 0 Å². The highest BCUT2D eigenvalue weighted by Crippen LogP contribution is 2.32. The topological polar surface area (TPSA) is 66.3 Å². The first-order chi connectivity index (χ1) is 15.2. The second kappa shape index (κ2) is 8.59. The monoisotopic (exact) mass is 432 g/mol. The summed E-state index contributed by atoms with van der Waals surface area (Å²) in [5, 5.41) is 11.5. The van der Waals surface area contributed by atoms with Gasteiger partial charge in [-0.25, -0.2) is 5.01 Å². The van der Waals surface area contributed by atoms with Crippen molar-refractivity contribution in [1.29, 1.82) is 0 Å². The molecule has 7 heteroatoms. The number of nitrogens with one attached hydrogen (secondary N) is 1. The van der Waals surface area contributed by atoms with Gasteiger partial charge in [0.1, 0.15) is 11.4 Å². The molecule has 2 aromatic rings. The number of hydrazone groups is 1. The van der Waals surface area contributed by atoms with Gasteiger partial charge in [0, 0.05) is 11.0 Å². The number of ether oxygens (including phenoxy) is 1. The van der Waals surface area contributed by atoms with E-state index in [9.17, 15) is 4.79 Å². The third-order valence-corrected chi connectivity index (χ3v) is 6.50. The average molecular weight is 433 g/mol. The lowest BCUT2D eigenvalue weighted by Gasteiger charge is -2.34. The number of fused-ring (bicyclic) bond motifs is 2. The second-order valence-electron chi connectivity index (χ2n) is 7.77. The van der Waals surface area contributed by atoms with E-state index in [0.717, 1.165) is 34.7 Å². The van der Waals surface area contributed by atoms with E-state index in [2.05, 4.69) is 11.9 Å². The number of carbonyl (C=O) groups is 1. The van der Waals surface area contributed by atoms with Crippen molar-refractivity contribution in [1.82, 2.24) is 10.3 Å². The highest BCUT2D eigenvalue weighted by Gasteiger charge is 2.34. The van der Waals surface area contributed by atoms with E-state index < -0.39 is 6.17 Å². The van der Waals surface area contributed by atoms with E-state index in [1.807, 2.05) is 48.5 Å². The molecular weight excluding hydrogens is 408 g/mol. The van der Waals surface area contributed by atoms with E-state index in [1.54, 1.807) is 11.1 Å². The van der Waals surface area contributed by atoms with Crippen LogP contribution in [0.1, 0.15) is 37.4 Å². The zero-order valence-corrected chi connectivity index (χ0v) is 18.0. The normalized spacial score (nSPS) is 20.3. The Bertz CT molecular complexity index is 1150. The van der Waals surface area contributed by atoms with E-state index in [4.69, 9.17) is 14.8 Å². The lowest BCUT2D eigenvalue weighted by Crippen LogP contribution is -2.50. The van der Waals surface area contributed by atoms with Gasteiger partial charge in [0.05, 0.1) is 11.5 Å². The van der Waals surface area contributed by atoms with Crippen LogP contribution in [0.4, 0.5) is 0 Å². The maximum atomic E-state index is 13.0. The van der Waals surface area contributed by atoms with Crippen molar-refractivity contribution in [2.75, 3.05) is 5.75 Å². The molecular formula is C24H24N4O2S. The molecule has 0 saturated heterocycles. The van der Waals surface area contributed by atoms with Gasteiger partial charge in [-0.05, 0) is 49.4 Å². The molecule has 5 rings (SSSR count). The Labute approximate surface area is 185 Å². The minimum atomic E-state index is -0.421. The van der Waals surface area contributed by atoms with Crippen LogP contribution < -0.4 is 20.6 Å². The van der Waals surface area contributed by atoms with Crippen LogP contribution in [-0.4, -0.2) is 27.9 Å². The maximum absolute atomic E-state index is 13.0. The van der Waals surface area contributed by atoms with Crippen LogP contribution in [0, 0.1) is 0 Å². The summed E-state index contributed by atoms with van der Waals surface area (Å²) in [4.78, 5) is 17.9. The predicted molar refractivity (Wildman–Crippen MR) is 123 cm³/mol. The molecule has 0 bridgehead atoms. The molecule has 1 atom stereocenters. The number of nitrogens with zero attached hydrogens (tertiary/aromatic N) is 3. The Morgan fingerprint density at radius 1 is 1.16 bits per heavy atom. The number of amides is 1. The van der Waals surface area contributed by atoms with Crippen molar-refractivity contribution in [2.45, 2.75) is 38.0 Å². The van der Waals surface area contributed by atoms with Crippen LogP contribution >= 0.6 is 11.8 Å². The molecule has 0 radical (unpaired) electrons. The minimum absolute atomic E-state index is 0.171. The van der Waals surface area contributed by atoms with Crippen LogP contribution in [0.3, 0.4) is 0 Å². The van der Waals surface area contributed by atoms with Crippen molar-refractivity contribution in [3.63, 3.8) is 0 Å². The van der Waals surface area contributed by atoms with Crippen molar-refractivity contribution in [3.8, 4) is 5.75 Å². The Morgan fingerprint density at radius 3 is 2.71 bits per heavy atom. The number of para-hydroxylation sites is 1. The standard InChI is InChI=1S/C24H24N4O2S/c1-2-15-31-24-26-23(29)21-19-9-5-6-10-20(19)25-22(28(21)27-24)16-11-13-18(14-12-16)30-17-7-3-4-8-17/h2,5-6,9-14,17,22H,1,3-4,7-8,15H2,(H,26,27,29). The summed E-state index contributed by atoms with van der Waals surface area (Å²) in [6.45, 7) is 3.74. The van der Waals surface area contributed by atoms with Gasteiger partial charge in [0.25, 0.3) is 5.91 Å². The predicted octanol–water partition coefficient (Wildman–Crippen LogP) is 3.07. The third-order valence-electron chi connectivity index (χ3n) is 5.64. The number of carbonyl (C=O) groups excluding carboxylic acids is 1. The molecule has 3 aliphatic rings. The Morgan fingerprint density at radius 2 is 1.94 bits per heavy atom. The van der Waals surface area contributed by atoms with Gasteiger partial charge in [-0.1, -0.05) is 48.2 Å². The van der Waals surface area contributed by atoms with Crippen LogP contribution in [0.2, 0.25) is 0 Å². The molecule has 1 fully saturated rings. The number of thioether (sulfide) groups is 1. The van der Waals surface area contributed by atoms with Crippen LogP contribution in [0.25, 0.3) is 5.70 Å². The molecule has 2 aromatic carbocycles. The number of rotatable bonds is 5. The molecule has 1 unspecified atom stereocenters. The van der Waals surface area contributed by atoms with E-state index in [-0.39, 0.29) is 5.91 Å². The first kappa shape index (κ1) is 19.9. The van der Waals surface area contributed by atoms with Gasteiger partial charge < -0.3 is 4.74 Å². The molecule has 2 heterocycles. The van der Waals surface area contributed by atoms with Crippen molar-refractivity contribution in [3.05, 3.63) is 77.3 Å². The quantitative estimate of drug-likeness (QED) is 0.738. The molecule has 1 aliphatic carbocycles. The van der Waals surface area contributed by atoms with Gasteiger partial charge in [-0.3, -0.25) is 15.1 Å². The molecule has 0 spiro atoms. The smallest absolute Gasteiger partial charge is 0.276 e. The maximum Gasteiger partial charge on any atom is 0.276 e. The summed E-state index contributed by atoms with van der Waals surface area (Å²) >= 11 is 1.44. The Kier molecular flexibility index (Phi) is 5.51. The largest absolute Gasteiger partial charge is 0.490 e. The van der Waals surface area contributed by atoms with Gasteiger partial charge in [-0.15, -0.1) is 11.7 Å². The van der Waals surface area contributed by atoms with Gasteiger partial charge in [-0.2, -0.15) is 0 Å². The summed E-state index contributed by atoms with van der Waals surface area (Å²) in [6.07, 6.45) is 6.41. The first-order valence-corrected chi connectivity index (χ1v) is 11.6.